The van der Waals surface area contributed by atoms with Crippen LogP contribution in [0.4, 0.5) is 0 Å². The molecule has 1 saturated carbocycles. The SMILES string of the molecule is O=S(=O)(c1ccc(C(CC2CCOCC2)c2ccc(-c3nnc(C[N+]4([O-])CCSCC4)s3)[nH]2)cc1)C1CC1. The van der Waals surface area contributed by atoms with Crippen LogP contribution in [-0.2, 0) is 21.1 Å². The molecule has 4 heterocycles. The van der Waals surface area contributed by atoms with Crippen LogP contribution >= 0.6 is 23.1 Å². The Morgan fingerprint density at radius 1 is 1.03 bits per heavy atom. The monoisotopic (exact) mass is 574 g/mol. The Morgan fingerprint density at radius 2 is 1.76 bits per heavy atom. The van der Waals surface area contributed by atoms with Crippen molar-refractivity contribution in [3.05, 3.63) is 57.9 Å². The molecule has 11 heteroatoms. The second kappa shape index (κ2) is 11.0. The quantitative estimate of drug-likeness (QED) is 0.284. The van der Waals surface area contributed by atoms with Gasteiger partial charge in [0.15, 0.2) is 19.9 Å². The number of thioether (sulfide) groups is 1. The first-order valence-corrected chi connectivity index (χ1v) is 17.0. The van der Waals surface area contributed by atoms with Crippen molar-refractivity contribution in [3.63, 3.8) is 0 Å². The maximum Gasteiger partial charge on any atom is 0.181 e. The number of H-pyrrole nitrogens is 1. The van der Waals surface area contributed by atoms with E-state index in [2.05, 4.69) is 21.2 Å². The summed E-state index contributed by atoms with van der Waals surface area (Å²) in [5.74, 6) is 2.45. The second-order valence-electron chi connectivity index (χ2n) is 10.8. The van der Waals surface area contributed by atoms with Crippen molar-refractivity contribution in [2.75, 3.05) is 37.8 Å². The average Bonchev–Trinajstić information content (AvgIpc) is 3.52. The van der Waals surface area contributed by atoms with Crippen LogP contribution in [0.1, 0.15) is 54.3 Å². The van der Waals surface area contributed by atoms with Gasteiger partial charge in [-0.2, -0.15) is 11.8 Å². The molecule has 1 unspecified atom stereocenters. The molecule has 1 N–H and O–H groups in total. The summed E-state index contributed by atoms with van der Waals surface area (Å²) in [5.41, 5.74) is 3.10. The smallest absolute Gasteiger partial charge is 0.181 e. The highest BCUT2D eigenvalue weighted by molar-refractivity contribution is 7.99. The van der Waals surface area contributed by atoms with Crippen LogP contribution in [0.5, 0.6) is 0 Å². The van der Waals surface area contributed by atoms with Crippen molar-refractivity contribution in [1.82, 2.24) is 15.2 Å². The summed E-state index contributed by atoms with van der Waals surface area (Å²) in [6.07, 6.45) is 4.57. The van der Waals surface area contributed by atoms with Crippen LogP contribution in [0.3, 0.4) is 0 Å². The van der Waals surface area contributed by atoms with Crippen molar-refractivity contribution in [2.45, 2.75) is 54.7 Å². The molecule has 3 fully saturated rings. The van der Waals surface area contributed by atoms with Gasteiger partial charge in [-0.05, 0) is 67.9 Å². The first-order chi connectivity index (χ1) is 18.4. The lowest BCUT2D eigenvalue weighted by Crippen LogP contribution is -2.47. The van der Waals surface area contributed by atoms with Crippen molar-refractivity contribution in [2.24, 2.45) is 5.92 Å². The Labute approximate surface area is 232 Å². The molecule has 6 rings (SSSR count). The molecule has 8 nitrogen and oxygen atoms in total. The van der Waals surface area contributed by atoms with Gasteiger partial charge in [-0.15, -0.1) is 10.2 Å². The third-order valence-corrected chi connectivity index (χ3v) is 12.1. The minimum atomic E-state index is -3.21. The number of aromatic nitrogens is 3. The Bertz CT molecular complexity index is 1340. The van der Waals surface area contributed by atoms with Gasteiger partial charge in [0, 0.05) is 36.3 Å². The average molecular weight is 575 g/mol. The Balaban J connectivity index is 1.23. The van der Waals surface area contributed by atoms with Crippen molar-refractivity contribution in [1.29, 1.82) is 0 Å². The lowest BCUT2D eigenvalue weighted by Gasteiger charge is -2.44. The van der Waals surface area contributed by atoms with E-state index in [1.54, 1.807) is 12.1 Å². The van der Waals surface area contributed by atoms with E-state index in [0.717, 1.165) is 83.8 Å². The zero-order chi connectivity index (χ0) is 26.2. The molecule has 0 amide bonds. The summed E-state index contributed by atoms with van der Waals surface area (Å²) in [4.78, 5) is 4.01. The number of nitrogens with zero attached hydrogens (tertiary/aromatic N) is 3. The van der Waals surface area contributed by atoms with Crippen LogP contribution in [0.2, 0.25) is 0 Å². The summed E-state index contributed by atoms with van der Waals surface area (Å²) in [6.45, 7) is 3.21. The number of hydrogen-bond acceptors (Lipinski definition) is 8. The highest BCUT2D eigenvalue weighted by atomic mass is 32.2. The molecule has 2 aromatic heterocycles. The largest absolute Gasteiger partial charge is 0.632 e. The van der Waals surface area contributed by atoms with Crippen LogP contribution < -0.4 is 0 Å². The topological polar surface area (TPSA) is 108 Å². The van der Waals surface area contributed by atoms with E-state index >= 15 is 0 Å². The molecule has 0 spiro atoms. The van der Waals surface area contributed by atoms with Gasteiger partial charge in [0.2, 0.25) is 0 Å². The lowest BCUT2D eigenvalue weighted by atomic mass is 9.83. The van der Waals surface area contributed by atoms with Crippen LogP contribution in [0.15, 0.2) is 41.3 Å². The van der Waals surface area contributed by atoms with Crippen molar-refractivity contribution < 1.29 is 17.8 Å². The van der Waals surface area contributed by atoms with Gasteiger partial charge in [0.05, 0.1) is 28.9 Å². The van der Waals surface area contributed by atoms with Gasteiger partial charge in [0.25, 0.3) is 0 Å². The van der Waals surface area contributed by atoms with E-state index in [-0.39, 0.29) is 15.8 Å². The van der Waals surface area contributed by atoms with Crippen LogP contribution in [0, 0.1) is 11.1 Å². The first-order valence-electron chi connectivity index (χ1n) is 13.5. The minimum Gasteiger partial charge on any atom is -0.632 e. The summed E-state index contributed by atoms with van der Waals surface area (Å²) >= 11 is 3.33. The van der Waals surface area contributed by atoms with Gasteiger partial charge in [-0.3, -0.25) is 0 Å². The summed E-state index contributed by atoms with van der Waals surface area (Å²) in [7, 11) is -3.21. The fourth-order valence-electron chi connectivity index (χ4n) is 5.47. The maximum absolute atomic E-state index is 13.0. The fraction of sp³-hybridized carbons (Fsp3) is 0.556. The molecule has 1 atom stereocenters. The van der Waals surface area contributed by atoms with E-state index in [0.29, 0.717) is 30.4 Å². The number of benzene rings is 1. The molecule has 0 radical (unpaired) electrons. The van der Waals surface area contributed by atoms with E-state index in [4.69, 9.17) is 4.74 Å². The van der Waals surface area contributed by atoms with Crippen LogP contribution in [0.25, 0.3) is 10.7 Å². The number of hydroxylamine groups is 3. The molecule has 1 aromatic carbocycles. The highest BCUT2D eigenvalue weighted by Crippen LogP contribution is 2.38. The molecule has 2 saturated heterocycles. The zero-order valence-corrected chi connectivity index (χ0v) is 23.8. The third-order valence-electron chi connectivity index (χ3n) is 7.98. The van der Waals surface area contributed by atoms with Gasteiger partial charge >= 0.3 is 0 Å². The van der Waals surface area contributed by atoms with E-state index in [9.17, 15) is 13.6 Å². The van der Waals surface area contributed by atoms with E-state index in [1.165, 1.54) is 11.3 Å². The minimum absolute atomic E-state index is 0.109. The lowest BCUT2D eigenvalue weighted by molar-refractivity contribution is -0.890. The standard InChI is InChI=1S/C27H34N4O4S3/c32-31(11-15-36-16-12-31)18-26-29-30-27(37-26)25-8-7-24(28-25)23(17-19-9-13-35-14-10-19)20-1-3-21(4-2-20)38(33,34)22-5-6-22/h1-4,7-8,19,22-23,28H,5-6,9-18H2. The Kier molecular flexibility index (Phi) is 7.67. The summed E-state index contributed by atoms with van der Waals surface area (Å²) in [5, 5.41) is 23.1. The molecule has 38 heavy (non-hydrogen) atoms. The third kappa shape index (κ3) is 5.88. The van der Waals surface area contributed by atoms with Gasteiger partial charge in [-0.25, -0.2) is 8.42 Å². The Morgan fingerprint density at radius 3 is 2.47 bits per heavy atom. The predicted octanol–water partition coefficient (Wildman–Crippen LogP) is 4.98. The molecule has 1 aliphatic carbocycles. The molecule has 3 aliphatic rings. The molecular weight excluding hydrogens is 541 g/mol. The molecule has 204 valence electrons. The van der Waals surface area contributed by atoms with Crippen molar-refractivity contribution >= 4 is 32.9 Å². The molecule has 0 bridgehead atoms. The normalized spacial score (nSPS) is 21.4. The molecule has 3 aromatic rings. The van der Waals surface area contributed by atoms with Crippen LogP contribution in [-0.4, -0.2) is 71.3 Å². The van der Waals surface area contributed by atoms with Crippen molar-refractivity contribution in [3.8, 4) is 10.7 Å². The van der Waals surface area contributed by atoms with Gasteiger partial charge in [0.1, 0.15) is 6.54 Å². The number of quaternary nitrogens is 1. The van der Waals surface area contributed by atoms with E-state index in [1.807, 2.05) is 30.0 Å². The molecular formula is C27H34N4O4S3. The molecule has 2 aliphatic heterocycles. The number of hydrogen-bond donors (Lipinski definition) is 1. The van der Waals surface area contributed by atoms with E-state index < -0.39 is 9.84 Å². The number of sulfone groups is 1. The number of rotatable bonds is 9. The van der Waals surface area contributed by atoms with Gasteiger partial charge in [-0.1, -0.05) is 23.5 Å². The highest BCUT2D eigenvalue weighted by Gasteiger charge is 2.37. The zero-order valence-electron chi connectivity index (χ0n) is 21.4. The Hall–Kier alpha value is -1.76. The second-order valence-corrected chi connectivity index (χ2v) is 15.3. The first kappa shape index (κ1) is 26.5. The number of nitrogens with one attached hydrogen (secondary N) is 1. The maximum atomic E-state index is 13.0. The predicted molar refractivity (Wildman–Crippen MR) is 151 cm³/mol. The number of ether oxygens (including phenoxy) is 1. The number of aromatic amines is 1. The summed E-state index contributed by atoms with van der Waals surface area (Å²) < 4.78 is 30.8. The fourth-order valence-corrected chi connectivity index (χ4v) is 9.17. The summed E-state index contributed by atoms with van der Waals surface area (Å²) in [6, 6.07) is 11.7. The van der Waals surface area contributed by atoms with Gasteiger partial charge < -0.3 is 19.6 Å².